The Bertz CT molecular complexity index is 522. The number of nitrogens with zero attached hydrogens (tertiary/aromatic N) is 1. The molecule has 0 aromatic carbocycles. The highest BCUT2D eigenvalue weighted by molar-refractivity contribution is 5.85. The molecule has 3 aliphatic carbocycles. The van der Waals surface area contributed by atoms with E-state index in [1.54, 1.807) is 0 Å². The summed E-state index contributed by atoms with van der Waals surface area (Å²) < 4.78 is 5.38. The highest BCUT2D eigenvalue weighted by Crippen LogP contribution is 2.60. The molecule has 5 heteroatoms. The van der Waals surface area contributed by atoms with Crippen LogP contribution in [-0.4, -0.2) is 49.1 Å². The molecule has 1 N–H and O–H groups in total. The Morgan fingerprint density at radius 1 is 1.18 bits per heavy atom. The highest BCUT2D eigenvalue weighted by Gasteiger charge is 2.64. The van der Waals surface area contributed by atoms with Gasteiger partial charge in [-0.05, 0) is 43.9 Å². The van der Waals surface area contributed by atoms with Gasteiger partial charge in [0.05, 0.1) is 13.2 Å². The lowest BCUT2D eigenvalue weighted by atomic mass is 9.92. The lowest BCUT2D eigenvalue weighted by Gasteiger charge is -2.26. The van der Waals surface area contributed by atoms with E-state index in [1.807, 2.05) is 4.90 Å². The van der Waals surface area contributed by atoms with E-state index in [9.17, 15) is 9.59 Å². The van der Waals surface area contributed by atoms with Gasteiger partial charge in [-0.3, -0.25) is 9.59 Å². The van der Waals surface area contributed by atoms with Gasteiger partial charge in [-0.2, -0.15) is 0 Å². The first-order chi connectivity index (χ1) is 10.7. The predicted molar refractivity (Wildman–Crippen MR) is 78.8 cm³/mol. The van der Waals surface area contributed by atoms with Gasteiger partial charge in [0.15, 0.2) is 0 Å². The van der Waals surface area contributed by atoms with Crippen LogP contribution in [0.25, 0.3) is 0 Å². The summed E-state index contributed by atoms with van der Waals surface area (Å²) in [7, 11) is 0. The predicted octanol–water partition coefficient (Wildman–Crippen LogP) is 0.786. The Hall–Kier alpha value is -1.10. The molecular formula is C17H24N2O3. The molecule has 0 bridgehead atoms. The third-order valence-corrected chi connectivity index (χ3v) is 6.89. The molecule has 2 aliphatic heterocycles. The molecule has 5 nitrogen and oxygen atoms in total. The normalized spacial score (nSPS) is 45.5. The molecule has 3 unspecified atom stereocenters. The molecule has 2 amide bonds. The van der Waals surface area contributed by atoms with Crippen molar-refractivity contribution in [1.29, 1.82) is 0 Å². The second kappa shape index (κ2) is 4.47. The molecule has 0 aromatic rings. The SMILES string of the molecule is O=C(NC1CCC1)C1CC12CCN(C(=O)C1[C@H]3COC[C@@H]13)C2. The molecule has 5 fully saturated rings. The van der Waals surface area contributed by atoms with Crippen LogP contribution in [0.1, 0.15) is 32.1 Å². The van der Waals surface area contributed by atoms with E-state index in [4.69, 9.17) is 4.74 Å². The van der Waals surface area contributed by atoms with Gasteiger partial charge in [0, 0.05) is 36.4 Å². The number of rotatable bonds is 3. The molecule has 0 radical (unpaired) electrons. The number of ether oxygens (including phenoxy) is 1. The van der Waals surface area contributed by atoms with Crippen molar-refractivity contribution in [3.63, 3.8) is 0 Å². The van der Waals surface area contributed by atoms with Crippen LogP contribution >= 0.6 is 0 Å². The number of likely N-dealkylation sites (tertiary alicyclic amines) is 1. The van der Waals surface area contributed by atoms with Gasteiger partial charge in [0.2, 0.25) is 11.8 Å². The first kappa shape index (κ1) is 13.3. The Morgan fingerprint density at radius 3 is 2.64 bits per heavy atom. The largest absolute Gasteiger partial charge is 0.381 e. The first-order valence-electron chi connectivity index (χ1n) is 8.85. The van der Waals surface area contributed by atoms with E-state index in [0.29, 0.717) is 23.8 Å². The standard InChI is InChI=1S/C17H24N2O3/c20-15(18-10-2-1-3-10)13-6-17(13)4-5-19(9-17)16(21)14-11-7-22-8-12(11)14/h10-14H,1-9H2,(H,18,20)/t11-,12+,13?,14?,17?. The minimum absolute atomic E-state index is 0.115. The van der Waals surface area contributed by atoms with Crippen molar-refractivity contribution < 1.29 is 14.3 Å². The zero-order valence-electron chi connectivity index (χ0n) is 12.9. The number of hydrogen-bond acceptors (Lipinski definition) is 3. The first-order valence-corrected chi connectivity index (χ1v) is 8.85. The molecule has 0 aromatic heterocycles. The van der Waals surface area contributed by atoms with Crippen molar-refractivity contribution in [2.45, 2.75) is 38.1 Å². The summed E-state index contributed by atoms with van der Waals surface area (Å²) in [6.07, 6.45) is 5.53. The maximum absolute atomic E-state index is 12.6. The van der Waals surface area contributed by atoms with E-state index in [1.165, 1.54) is 6.42 Å². The van der Waals surface area contributed by atoms with Crippen molar-refractivity contribution in [1.82, 2.24) is 10.2 Å². The molecule has 5 rings (SSSR count). The molecule has 3 saturated carbocycles. The number of hydrogen-bond donors (Lipinski definition) is 1. The van der Waals surface area contributed by atoms with Gasteiger partial charge in [-0.1, -0.05) is 0 Å². The van der Waals surface area contributed by atoms with E-state index >= 15 is 0 Å². The molecule has 120 valence electrons. The third kappa shape index (κ3) is 1.87. The number of amides is 2. The number of nitrogens with one attached hydrogen (secondary N) is 1. The van der Waals surface area contributed by atoms with Gasteiger partial charge in [-0.15, -0.1) is 0 Å². The van der Waals surface area contributed by atoms with E-state index in [0.717, 1.165) is 52.0 Å². The van der Waals surface area contributed by atoms with Crippen LogP contribution in [0, 0.1) is 29.1 Å². The molecule has 22 heavy (non-hydrogen) atoms. The van der Waals surface area contributed by atoms with Gasteiger partial charge >= 0.3 is 0 Å². The van der Waals surface area contributed by atoms with Crippen molar-refractivity contribution in [2.75, 3.05) is 26.3 Å². The molecule has 5 atom stereocenters. The molecular weight excluding hydrogens is 280 g/mol. The minimum atomic E-state index is 0.115. The average molecular weight is 304 g/mol. The zero-order chi connectivity index (χ0) is 14.9. The van der Waals surface area contributed by atoms with E-state index in [-0.39, 0.29) is 23.2 Å². The Labute approximate surface area is 130 Å². The van der Waals surface area contributed by atoms with Crippen molar-refractivity contribution in [3.05, 3.63) is 0 Å². The van der Waals surface area contributed by atoms with Gasteiger partial charge in [-0.25, -0.2) is 0 Å². The summed E-state index contributed by atoms with van der Waals surface area (Å²) in [4.78, 5) is 27.0. The number of fused-ring (bicyclic) bond motifs is 1. The van der Waals surface area contributed by atoms with Crippen LogP contribution in [0.5, 0.6) is 0 Å². The number of carbonyl (C=O) groups is 2. The van der Waals surface area contributed by atoms with Gasteiger partial charge in [0.25, 0.3) is 0 Å². The quantitative estimate of drug-likeness (QED) is 0.838. The summed E-state index contributed by atoms with van der Waals surface area (Å²) in [5.74, 6) is 1.94. The van der Waals surface area contributed by atoms with E-state index < -0.39 is 0 Å². The monoisotopic (exact) mass is 304 g/mol. The molecule has 2 saturated heterocycles. The van der Waals surface area contributed by atoms with E-state index in [2.05, 4.69) is 5.32 Å². The molecule has 2 heterocycles. The Kier molecular flexibility index (Phi) is 2.71. The minimum Gasteiger partial charge on any atom is -0.381 e. The topological polar surface area (TPSA) is 58.6 Å². The summed E-state index contributed by atoms with van der Waals surface area (Å²) >= 11 is 0. The fourth-order valence-corrected chi connectivity index (χ4v) is 4.92. The molecule has 1 spiro atoms. The van der Waals surface area contributed by atoms with Crippen LogP contribution < -0.4 is 5.32 Å². The van der Waals surface area contributed by atoms with Crippen molar-refractivity contribution in [3.8, 4) is 0 Å². The van der Waals surface area contributed by atoms with Crippen LogP contribution in [0.15, 0.2) is 0 Å². The fourth-order valence-electron chi connectivity index (χ4n) is 4.92. The Morgan fingerprint density at radius 2 is 1.95 bits per heavy atom. The summed E-state index contributed by atoms with van der Waals surface area (Å²) in [6, 6.07) is 0.426. The van der Waals surface area contributed by atoms with Crippen molar-refractivity contribution >= 4 is 11.8 Å². The average Bonchev–Trinajstić information content (AvgIpc) is 3.18. The smallest absolute Gasteiger partial charge is 0.226 e. The Balaban J connectivity index is 1.17. The summed E-state index contributed by atoms with van der Waals surface area (Å²) in [5.41, 5.74) is 0.115. The van der Waals surface area contributed by atoms with Crippen molar-refractivity contribution in [2.24, 2.45) is 29.1 Å². The maximum Gasteiger partial charge on any atom is 0.226 e. The fraction of sp³-hybridized carbons (Fsp3) is 0.882. The highest BCUT2D eigenvalue weighted by atomic mass is 16.5. The molecule has 5 aliphatic rings. The summed E-state index contributed by atoms with van der Waals surface area (Å²) in [5, 5.41) is 3.18. The lowest BCUT2D eigenvalue weighted by molar-refractivity contribution is -0.133. The second-order valence-electron chi connectivity index (χ2n) is 8.16. The maximum atomic E-state index is 12.6. The zero-order valence-corrected chi connectivity index (χ0v) is 12.9. The van der Waals surface area contributed by atoms with Crippen LogP contribution in [-0.2, 0) is 14.3 Å². The van der Waals surface area contributed by atoms with Gasteiger partial charge in [0.1, 0.15) is 0 Å². The van der Waals surface area contributed by atoms with Crippen LogP contribution in [0.3, 0.4) is 0 Å². The second-order valence-corrected chi connectivity index (χ2v) is 8.16. The number of carbonyl (C=O) groups excluding carboxylic acids is 2. The summed E-state index contributed by atoms with van der Waals surface area (Å²) in [6.45, 7) is 3.20. The van der Waals surface area contributed by atoms with Crippen LogP contribution in [0.4, 0.5) is 0 Å². The third-order valence-electron chi connectivity index (χ3n) is 6.89. The lowest BCUT2D eigenvalue weighted by Crippen LogP contribution is -2.41. The van der Waals surface area contributed by atoms with Crippen LogP contribution in [0.2, 0.25) is 0 Å². The van der Waals surface area contributed by atoms with Gasteiger partial charge < -0.3 is 15.0 Å².